The van der Waals surface area contributed by atoms with Gasteiger partial charge in [0.15, 0.2) is 0 Å². The lowest BCUT2D eigenvalue weighted by Crippen LogP contribution is -2.04. The maximum Gasteiger partial charge on any atom is 0.0568 e. The topological polar surface area (TPSA) is 43.8 Å². The molecule has 1 saturated carbocycles. The number of aromatic nitrogens is 2. The number of nitrogen functional groups attached to an aromatic ring is 1. The Morgan fingerprint density at radius 2 is 2.05 bits per heavy atom. The van der Waals surface area contributed by atoms with Gasteiger partial charge >= 0.3 is 0 Å². The van der Waals surface area contributed by atoms with E-state index in [9.17, 15) is 0 Å². The van der Waals surface area contributed by atoms with Gasteiger partial charge in [-0.1, -0.05) is 25.8 Å². The van der Waals surface area contributed by atoms with Gasteiger partial charge in [0.25, 0.3) is 0 Å². The van der Waals surface area contributed by atoms with Crippen LogP contribution in [0.1, 0.15) is 44.2 Å². The SMILES string of the molecule is CCc1cc(-c2cnn(C3CCCC3)c2)ccc1N. The molecule has 0 atom stereocenters. The van der Waals surface area contributed by atoms with Crippen molar-refractivity contribution in [3.05, 3.63) is 36.2 Å². The van der Waals surface area contributed by atoms with Gasteiger partial charge < -0.3 is 5.73 Å². The first-order valence-electron chi connectivity index (χ1n) is 7.21. The smallest absolute Gasteiger partial charge is 0.0568 e. The Kier molecular flexibility index (Phi) is 3.28. The van der Waals surface area contributed by atoms with Gasteiger partial charge in [-0.15, -0.1) is 0 Å². The lowest BCUT2D eigenvalue weighted by molar-refractivity contribution is 0.467. The fourth-order valence-electron chi connectivity index (χ4n) is 2.95. The second-order valence-corrected chi connectivity index (χ2v) is 5.41. The molecule has 2 aromatic rings. The largest absolute Gasteiger partial charge is 0.399 e. The fourth-order valence-corrected chi connectivity index (χ4v) is 2.95. The molecule has 1 aliphatic rings. The van der Waals surface area contributed by atoms with Gasteiger partial charge in [0.1, 0.15) is 0 Å². The third-order valence-electron chi connectivity index (χ3n) is 4.16. The number of anilines is 1. The lowest BCUT2D eigenvalue weighted by atomic mass is 10.0. The average molecular weight is 255 g/mol. The molecule has 2 N–H and O–H groups in total. The first kappa shape index (κ1) is 12.3. The summed E-state index contributed by atoms with van der Waals surface area (Å²) in [5.74, 6) is 0. The van der Waals surface area contributed by atoms with Gasteiger partial charge in [-0.25, -0.2) is 0 Å². The first-order valence-corrected chi connectivity index (χ1v) is 7.21. The van der Waals surface area contributed by atoms with Gasteiger partial charge in [-0.05, 0) is 42.5 Å². The Bertz CT molecular complexity index is 565. The van der Waals surface area contributed by atoms with E-state index in [1.165, 1.54) is 42.4 Å². The highest BCUT2D eigenvalue weighted by molar-refractivity contribution is 5.66. The molecule has 0 spiro atoms. The second-order valence-electron chi connectivity index (χ2n) is 5.41. The van der Waals surface area contributed by atoms with Crippen LogP contribution in [0.4, 0.5) is 5.69 Å². The Morgan fingerprint density at radius 3 is 2.79 bits per heavy atom. The van der Waals surface area contributed by atoms with Crippen molar-refractivity contribution in [1.82, 2.24) is 9.78 Å². The molecule has 100 valence electrons. The molecule has 1 fully saturated rings. The van der Waals surface area contributed by atoms with Crippen LogP contribution in [0.2, 0.25) is 0 Å². The van der Waals surface area contributed by atoms with Crippen LogP contribution < -0.4 is 5.73 Å². The summed E-state index contributed by atoms with van der Waals surface area (Å²) in [6, 6.07) is 6.88. The molecule has 0 radical (unpaired) electrons. The molecular formula is C16H21N3. The van der Waals surface area contributed by atoms with E-state index < -0.39 is 0 Å². The van der Waals surface area contributed by atoms with Gasteiger partial charge in [0.05, 0.1) is 12.2 Å². The van der Waals surface area contributed by atoms with Crippen molar-refractivity contribution < 1.29 is 0 Å². The van der Waals surface area contributed by atoms with E-state index in [2.05, 4.69) is 35.0 Å². The molecule has 3 nitrogen and oxygen atoms in total. The van der Waals surface area contributed by atoms with E-state index in [0.29, 0.717) is 6.04 Å². The maximum atomic E-state index is 5.96. The minimum Gasteiger partial charge on any atom is -0.399 e. The summed E-state index contributed by atoms with van der Waals surface area (Å²) >= 11 is 0. The molecule has 0 bridgehead atoms. The van der Waals surface area contributed by atoms with E-state index in [-0.39, 0.29) is 0 Å². The summed E-state index contributed by atoms with van der Waals surface area (Å²) < 4.78 is 2.14. The predicted octanol–water partition coefficient (Wildman–Crippen LogP) is 3.81. The quantitative estimate of drug-likeness (QED) is 0.847. The molecular weight excluding hydrogens is 234 g/mol. The molecule has 0 amide bonds. The molecule has 19 heavy (non-hydrogen) atoms. The van der Waals surface area contributed by atoms with Gasteiger partial charge in [-0.3, -0.25) is 4.68 Å². The van der Waals surface area contributed by atoms with Crippen molar-refractivity contribution >= 4 is 5.69 Å². The van der Waals surface area contributed by atoms with Crippen LogP contribution in [-0.4, -0.2) is 9.78 Å². The number of benzene rings is 1. The molecule has 0 aliphatic heterocycles. The monoisotopic (exact) mass is 255 g/mol. The summed E-state index contributed by atoms with van der Waals surface area (Å²) in [6.07, 6.45) is 10.3. The van der Waals surface area contributed by atoms with E-state index in [1.54, 1.807) is 0 Å². The van der Waals surface area contributed by atoms with Crippen molar-refractivity contribution in [3.63, 3.8) is 0 Å². The van der Waals surface area contributed by atoms with Gasteiger partial charge in [-0.2, -0.15) is 5.10 Å². The zero-order chi connectivity index (χ0) is 13.2. The molecule has 1 aliphatic carbocycles. The van der Waals surface area contributed by atoms with Crippen LogP contribution in [0.3, 0.4) is 0 Å². The molecule has 1 aromatic heterocycles. The van der Waals surface area contributed by atoms with Crippen molar-refractivity contribution in [2.75, 3.05) is 5.73 Å². The van der Waals surface area contributed by atoms with E-state index in [0.717, 1.165) is 12.1 Å². The highest BCUT2D eigenvalue weighted by Gasteiger charge is 2.17. The molecule has 0 unspecified atom stereocenters. The van der Waals surface area contributed by atoms with Crippen LogP contribution in [-0.2, 0) is 6.42 Å². The molecule has 3 rings (SSSR count). The maximum absolute atomic E-state index is 5.96. The minimum atomic E-state index is 0.605. The minimum absolute atomic E-state index is 0.605. The van der Waals surface area contributed by atoms with Gasteiger partial charge in [0.2, 0.25) is 0 Å². The molecule has 3 heteroatoms. The number of nitrogens with zero attached hydrogens (tertiary/aromatic N) is 2. The number of hydrogen-bond acceptors (Lipinski definition) is 2. The number of hydrogen-bond donors (Lipinski definition) is 1. The van der Waals surface area contributed by atoms with Crippen molar-refractivity contribution in [2.45, 2.75) is 45.1 Å². The summed E-state index contributed by atoms with van der Waals surface area (Å²) in [5, 5.41) is 4.54. The van der Waals surface area contributed by atoms with Crippen LogP contribution in [0, 0.1) is 0 Å². The van der Waals surface area contributed by atoms with Crippen LogP contribution in [0.15, 0.2) is 30.6 Å². The predicted molar refractivity (Wildman–Crippen MR) is 79.0 cm³/mol. The summed E-state index contributed by atoms with van der Waals surface area (Å²) in [7, 11) is 0. The van der Waals surface area contributed by atoms with Crippen LogP contribution in [0.5, 0.6) is 0 Å². The Labute approximate surface area is 114 Å². The fraction of sp³-hybridized carbons (Fsp3) is 0.438. The van der Waals surface area contributed by atoms with Crippen molar-refractivity contribution in [1.29, 1.82) is 0 Å². The highest BCUT2D eigenvalue weighted by atomic mass is 15.3. The zero-order valence-electron chi connectivity index (χ0n) is 11.5. The lowest BCUT2D eigenvalue weighted by Gasteiger charge is -2.09. The summed E-state index contributed by atoms with van der Waals surface area (Å²) in [6.45, 7) is 2.14. The first-order chi connectivity index (χ1) is 9.28. The van der Waals surface area contributed by atoms with Crippen LogP contribution in [0.25, 0.3) is 11.1 Å². The van der Waals surface area contributed by atoms with Gasteiger partial charge in [0, 0.05) is 17.4 Å². The number of rotatable bonds is 3. The Balaban J connectivity index is 1.89. The molecule has 1 heterocycles. The Hall–Kier alpha value is -1.77. The third kappa shape index (κ3) is 2.37. The van der Waals surface area contributed by atoms with E-state index in [1.807, 2.05) is 12.3 Å². The second kappa shape index (κ2) is 5.08. The number of aryl methyl sites for hydroxylation is 1. The molecule has 0 saturated heterocycles. The average Bonchev–Trinajstić information content (AvgIpc) is 3.10. The summed E-state index contributed by atoms with van der Waals surface area (Å²) in [4.78, 5) is 0. The van der Waals surface area contributed by atoms with E-state index >= 15 is 0 Å². The Morgan fingerprint density at radius 1 is 1.26 bits per heavy atom. The zero-order valence-corrected chi connectivity index (χ0v) is 11.5. The van der Waals surface area contributed by atoms with Crippen LogP contribution >= 0.6 is 0 Å². The standard InChI is InChI=1S/C16H21N3/c1-2-12-9-13(7-8-16(12)17)14-10-18-19(11-14)15-5-3-4-6-15/h7-11,15H,2-6,17H2,1H3. The third-order valence-corrected chi connectivity index (χ3v) is 4.16. The van der Waals surface area contributed by atoms with Crippen molar-refractivity contribution in [3.8, 4) is 11.1 Å². The van der Waals surface area contributed by atoms with Crippen molar-refractivity contribution in [2.24, 2.45) is 0 Å². The molecule has 1 aromatic carbocycles. The van der Waals surface area contributed by atoms with E-state index in [4.69, 9.17) is 5.73 Å². The highest BCUT2D eigenvalue weighted by Crippen LogP contribution is 2.31. The number of nitrogens with two attached hydrogens (primary N) is 1. The summed E-state index contributed by atoms with van der Waals surface area (Å²) in [5.41, 5.74) is 10.5. The normalized spacial score (nSPS) is 16.1.